The zero-order valence-corrected chi connectivity index (χ0v) is 24.7. The number of unbranched alkanes of at least 4 members (excludes halogenated alkanes) is 2. The molecule has 3 heteroatoms. The van der Waals surface area contributed by atoms with Crippen LogP contribution in [0.5, 0.6) is 0 Å². The molecule has 188 valence electrons. The number of benzene rings is 4. The van der Waals surface area contributed by atoms with E-state index in [-0.39, 0.29) is 24.0 Å². The van der Waals surface area contributed by atoms with E-state index in [9.17, 15) is 0 Å². The molecule has 0 aliphatic rings. The van der Waals surface area contributed by atoms with Gasteiger partial charge in [0, 0.05) is 18.8 Å². The Morgan fingerprint density at radius 3 is 1.28 bits per heavy atom. The molecule has 0 unspecified atom stereocenters. The molecule has 0 atom stereocenters. The van der Waals surface area contributed by atoms with E-state index in [1.807, 2.05) is 0 Å². The lowest BCUT2D eigenvalue weighted by Gasteiger charge is -2.28. The van der Waals surface area contributed by atoms with E-state index in [1.165, 1.54) is 52.8 Å². The summed E-state index contributed by atoms with van der Waals surface area (Å²) in [6.07, 6.45) is 5.99. The van der Waals surface area contributed by atoms with Crippen LogP contribution in [0.15, 0.2) is 115 Å². The average Bonchev–Trinajstić information content (AvgIpc) is 2.94. The summed E-state index contributed by atoms with van der Waals surface area (Å²) in [5, 5.41) is 4.32. The quantitative estimate of drug-likeness (QED) is 0.168. The Balaban J connectivity index is 0.00000361. The number of hydrogen-bond acceptors (Lipinski definition) is 1. The molecular weight excluding hydrogens is 568 g/mol. The van der Waals surface area contributed by atoms with Crippen molar-refractivity contribution < 1.29 is 24.0 Å². The van der Waals surface area contributed by atoms with Gasteiger partial charge in [-0.25, -0.2) is 0 Å². The highest BCUT2D eigenvalue weighted by atomic mass is 127. The molecule has 0 fully saturated rings. The number of halogens is 1. The highest BCUT2D eigenvalue weighted by molar-refractivity contribution is 7.95. The first-order valence-corrected chi connectivity index (χ1v) is 15.1. The number of rotatable bonds is 12. The zero-order chi connectivity index (χ0) is 24.3. The van der Waals surface area contributed by atoms with E-state index in [0.717, 1.165) is 19.3 Å². The van der Waals surface area contributed by atoms with Crippen molar-refractivity contribution in [3.05, 3.63) is 121 Å². The van der Waals surface area contributed by atoms with E-state index in [0.29, 0.717) is 0 Å². The Bertz CT molecular complexity index is 1030. The maximum absolute atomic E-state index is 2.57. The van der Waals surface area contributed by atoms with Crippen molar-refractivity contribution in [1.29, 1.82) is 0 Å². The van der Waals surface area contributed by atoms with Crippen molar-refractivity contribution in [2.75, 3.05) is 18.0 Å². The maximum atomic E-state index is 2.57. The monoisotopic (exact) mass is 607 g/mol. The maximum Gasteiger partial charge on any atom is 0.116 e. The predicted octanol–water partition coefficient (Wildman–Crippen LogP) is 4.59. The van der Waals surface area contributed by atoms with Crippen LogP contribution >= 0.6 is 7.26 Å². The van der Waals surface area contributed by atoms with Crippen molar-refractivity contribution >= 4 is 28.9 Å². The van der Waals surface area contributed by atoms with Crippen LogP contribution in [-0.4, -0.2) is 13.1 Å². The van der Waals surface area contributed by atoms with Crippen molar-refractivity contribution in [3.63, 3.8) is 0 Å². The van der Waals surface area contributed by atoms with E-state index < -0.39 is 7.26 Å². The van der Waals surface area contributed by atoms with Gasteiger partial charge in [0.1, 0.15) is 23.2 Å². The van der Waals surface area contributed by atoms with Gasteiger partial charge in [0.2, 0.25) is 0 Å². The molecular formula is C33H39INP. The summed E-state index contributed by atoms with van der Waals surface area (Å²) in [6.45, 7) is 6.85. The van der Waals surface area contributed by atoms with Gasteiger partial charge in [0.05, 0.1) is 6.16 Å². The molecule has 4 aromatic rings. The standard InChI is InChI=1S/C33H39NP.HI/c1-3-5-26-34(27-6-4-2)30-24-22-29(23-25-30)28-35(31-16-10-7-11-17-31,32-18-12-8-13-19-32)33-20-14-9-15-21-33;/h7-25H,3-6,26-28H2,1-2H3;1H/q+1;/p-1. The molecule has 0 N–H and O–H groups in total. The largest absolute Gasteiger partial charge is 1.00 e. The lowest BCUT2D eigenvalue weighted by molar-refractivity contribution is -0.00000704. The first-order chi connectivity index (χ1) is 17.3. The molecule has 0 radical (unpaired) electrons. The first kappa shape index (κ1) is 28.4. The second-order valence-electron chi connectivity index (χ2n) is 9.34. The average molecular weight is 608 g/mol. The predicted molar refractivity (Wildman–Crippen MR) is 157 cm³/mol. The SMILES string of the molecule is CCCCN(CCCC)c1ccc(C[P+](c2ccccc2)(c2ccccc2)c2ccccc2)cc1.[I-]. The van der Waals surface area contributed by atoms with E-state index in [2.05, 4.69) is 134 Å². The van der Waals surface area contributed by atoms with Crippen LogP contribution in [0.1, 0.15) is 45.1 Å². The van der Waals surface area contributed by atoms with Gasteiger partial charge >= 0.3 is 0 Å². The molecule has 0 spiro atoms. The third kappa shape index (κ3) is 6.78. The Morgan fingerprint density at radius 2 is 0.917 bits per heavy atom. The number of anilines is 1. The van der Waals surface area contributed by atoms with Gasteiger partial charge in [-0.15, -0.1) is 0 Å². The van der Waals surface area contributed by atoms with Gasteiger partial charge in [0.25, 0.3) is 0 Å². The van der Waals surface area contributed by atoms with Crippen LogP contribution < -0.4 is 44.8 Å². The van der Waals surface area contributed by atoms with Crippen LogP contribution in [0.4, 0.5) is 5.69 Å². The first-order valence-electron chi connectivity index (χ1n) is 13.2. The third-order valence-electron chi connectivity index (χ3n) is 6.88. The molecule has 0 saturated heterocycles. The van der Waals surface area contributed by atoms with Crippen LogP contribution in [0.2, 0.25) is 0 Å². The third-order valence-corrected chi connectivity index (χ3v) is 11.3. The van der Waals surface area contributed by atoms with E-state index >= 15 is 0 Å². The second kappa shape index (κ2) is 14.5. The van der Waals surface area contributed by atoms with Gasteiger partial charge in [-0.2, -0.15) is 0 Å². The van der Waals surface area contributed by atoms with Gasteiger partial charge in [-0.1, -0.05) is 93.4 Å². The Labute approximate surface area is 236 Å². The molecule has 0 amide bonds. The molecule has 4 aromatic carbocycles. The molecule has 0 aromatic heterocycles. The summed E-state index contributed by atoms with van der Waals surface area (Å²) in [4.78, 5) is 2.57. The van der Waals surface area contributed by atoms with Crippen molar-refractivity contribution in [3.8, 4) is 0 Å². The van der Waals surface area contributed by atoms with Crippen LogP contribution in [-0.2, 0) is 6.16 Å². The van der Waals surface area contributed by atoms with Gasteiger partial charge in [-0.05, 0) is 66.9 Å². The van der Waals surface area contributed by atoms with Crippen LogP contribution in [0, 0.1) is 0 Å². The van der Waals surface area contributed by atoms with Crippen molar-refractivity contribution in [2.24, 2.45) is 0 Å². The fourth-order valence-electron chi connectivity index (χ4n) is 4.92. The van der Waals surface area contributed by atoms with Crippen molar-refractivity contribution in [1.82, 2.24) is 0 Å². The van der Waals surface area contributed by atoms with Crippen LogP contribution in [0.25, 0.3) is 0 Å². The summed E-state index contributed by atoms with van der Waals surface area (Å²) in [7, 11) is -1.86. The molecule has 36 heavy (non-hydrogen) atoms. The minimum Gasteiger partial charge on any atom is -1.00 e. The summed E-state index contributed by atoms with van der Waals surface area (Å²) in [5.41, 5.74) is 2.77. The topological polar surface area (TPSA) is 3.24 Å². The molecule has 4 rings (SSSR count). The zero-order valence-electron chi connectivity index (χ0n) is 21.7. The highest BCUT2D eigenvalue weighted by Crippen LogP contribution is 2.58. The number of hydrogen-bond donors (Lipinski definition) is 0. The normalized spacial score (nSPS) is 11.1. The minimum absolute atomic E-state index is 0. The second-order valence-corrected chi connectivity index (χ2v) is 12.8. The molecule has 1 nitrogen and oxygen atoms in total. The highest BCUT2D eigenvalue weighted by Gasteiger charge is 2.45. The summed E-state index contributed by atoms with van der Waals surface area (Å²) < 4.78 is 0. The van der Waals surface area contributed by atoms with Crippen LogP contribution in [0.3, 0.4) is 0 Å². The Hall–Kier alpha value is -2.16. The van der Waals surface area contributed by atoms with E-state index in [1.54, 1.807) is 0 Å². The summed E-state index contributed by atoms with van der Waals surface area (Å²) in [5.74, 6) is 0. The lowest BCUT2D eigenvalue weighted by atomic mass is 10.2. The van der Waals surface area contributed by atoms with Gasteiger partial charge in [0.15, 0.2) is 0 Å². The molecule has 0 aliphatic carbocycles. The summed E-state index contributed by atoms with van der Waals surface area (Å²) >= 11 is 0. The molecule has 0 saturated carbocycles. The van der Waals surface area contributed by atoms with Gasteiger partial charge < -0.3 is 28.9 Å². The lowest BCUT2D eigenvalue weighted by Crippen LogP contribution is -3.00. The van der Waals surface area contributed by atoms with Crippen molar-refractivity contribution in [2.45, 2.75) is 45.7 Å². The Kier molecular flexibility index (Phi) is 11.5. The summed E-state index contributed by atoms with van der Waals surface area (Å²) in [6, 6.07) is 43.0. The molecule has 0 bridgehead atoms. The van der Waals surface area contributed by atoms with E-state index in [4.69, 9.17) is 0 Å². The molecule has 0 heterocycles. The van der Waals surface area contributed by atoms with Gasteiger partial charge in [-0.3, -0.25) is 0 Å². The minimum atomic E-state index is -1.86. The smallest absolute Gasteiger partial charge is 0.116 e. The fraction of sp³-hybridized carbons (Fsp3) is 0.273. The Morgan fingerprint density at radius 1 is 0.528 bits per heavy atom. The fourth-order valence-corrected chi connectivity index (χ4v) is 9.17. The molecule has 0 aliphatic heterocycles. The number of nitrogens with zero attached hydrogens (tertiary/aromatic N) is 1.